The zero-order valence-corrected chi connectivity index (χ0v) is 52.2. The van der Waals surface area contributed by atoms with Crippen LogP contribution in [0.2, 0.25) is 0 Å². The lowest BCUT2D eigenvalue weighted by Crippen LogP contribution is -2.30. The van der Waals surface area contributed by atoms with Crippen LogP contribution in [0.1, 0.15) is 361 Å². The third-order valence-electron chi connectivity index (χ3n) is 15.3. The van der Waals surface area contributed by atoms with E-state index in [1.807, 2.05) is 0 Å². The molecular weight excluding hydrogens is 961 g/mol. The fourth-order valence-corrected chi connectivity index (χ4v) is 10.2. The molecule has 0 aromatic heterocycles. The van der Waals surface area contributed by atoms with Crippen molar-refractivity contribution in [2.75, 3.05) is 13.2 Å². The first-order chi connectivity index (χ1) is 38.5. The molecule has 0 bridgehead atoms. The van der Waals surface area contributed by atoms with Gasteiger partial charge >= 0.3 is 17.9 Å². The monoisotopic (exact) mass is 1090 g/mol. The molecule has 0 N–H and O–H groups in total. The first kappa shape index (κ1) is 75.1. The SMILES string of the molecule is CC/C=C\C/C=C\C/C=C\C/C=C\C/C=C\CCCCCCCC(=O)OC(COC(=O)CCCCCCCCCCCCCCCCC)COC(=O)CCCCCCCCCCCCCCCCCCCCCCCCCC. The van der Waals surface area contributed by atoms with Gasteiger partial charge in [0.15, 0.2) is 6.10 Å². The number of rotatable bonds is 63. The zero-order valence-electron chi connectivity index (χ0n) is 52.2. The Hall–Kier alpha value is -2.89. The van der Waals surface area contributed by atoms with Gasteiger partial charge in [-0.1, -0.05) is 338 Å². The average molecular weight is 1090 g/mol. The first-order valence-corrected chi connectivity index (χ1v) is 34.3. The van der Waals surface area contributed by atoms with Crippen LogP contribution >= 0.6 is 0 Å². The summed E-state index contributed by atoms with van der Waals surface area (Å²) in [5.74, 6) is -0.872. The van der Waals surface area contributed by atoms with E-state index in [1.54, 1.807) is 0 Å². The van der Waals surface area contributed by atoms with Gasteiger partial charge in [0.1, 0.15) is 13.2 Å². The van der Waals surface area contributed by atoms with Crippen molar-refractivity contribution >= 4 is 17.9 Å². The van der Waals surface area contributed by atoms with Gasteiger partial charge in [-0.3, -0.25) is 14.4 Å². The second kappa shape index (κ2) is 66.6. The largest absolute Gasteiger partial charge is 0.462 e. The minimum absolute atomic E-state index is 0.0774. The molecule has 0 aliphatic carbocycles. The van der Waals surface area contributed by atoms with Gasteiger partial charge in [0.2, 0.25) is 0 Å². The standard InChI is InChI=1S/C72H130O6/c1-4-7-10-13-16-19-22-25-28-30-32-34-35-36-38-39-41-44-47-50-53-56-59-62-65-71(74)77-68-69(67-76-70(73)64-61-58-55-52-49-46-43-27-24-21-18-15-12-9-6-3)78-72(75)66-63-60-57-54-51-48-45-42-40-37-33-31-29-26-23-20-17-14-11-8-5-2/h8,11,17,20,26,29,33,37,42,45,69H,4-7,9-10,12-16,18-19,21-25,27-28,30-32,34-36,38-41,43-44,46-68H2,1-3H3/b11-8-,20-17-,29-26-,37-33-,45-42-. The predicted molar refractivity (Wildman–Crippen MR) is 339 cm³/mol. The normalized spacial score (nSPS) is 12.4. The highest BCUT2D eigenvalue weighted by Crippen LogP contribution is 2.18. The summed E-state index contributed by atoms with van der Waals surface area (Å²) >= 11 is 0. The minimum Gasteiger partial charge on any atom is -0.462 e. The Morgan fingerprint density at radius 3 is 0.782 bits per heavy atom. The van der Waals surface area contributed by atoms with Crippen molar-refractivity contribution < 1.29 is 28.6 Å². The Kier molecular flexibility index (Phi) is 64.2. The summed E-state index contributed by atoms with van der Waals surface area (Å²) in [6, 6.07) is 0. The Bertz CT molecular complexity index is 1390. The number of carbonyl (C=O) groups excluding carboxylic acids is 3. The molecule has 78 heavy (non-hydrogen) atoms. The molecule has 0 aliphatic heterocycles. The summed E-state index contributed by atoms with van der Waals surface area (Å²) in [7, 11) is 0. The Morgan fingerprint density at radius 1 is 0.269 bits per heavy atom. The highest BCUT2D eigenvalue weighted by molar-refractivity contribution is 5.71. The maximum Gasteiger partial charge on any atom is 0.306 e. The van der Waals surface area contributed by atoms with E-state index < -0.39 is 6.10 Å². The van der Waals surface area contributed by atoms with E-state index in [9.17, 15) is 14.4 Å². The molecule has 0 radical (unpaired) electrons. The maximum absolute atomic E-state index is 12.9. The molecular formula is C72H130O6. The molecule has 6 heteroatoms. The molecule has 0 saturated carbocycles. The van der Waals surface area contributed by atoms with Crippen LogP contribution < -0.4 is 0 Å². The van der Waals surface area contributed by atoms with Crippen molar-refractivity contribution in [2.45, 2.75) is 367 Å². The zero-order chi connectivity index (χ0) is 56.4. The van der Waals surface area contributed by atoms with Gasteiger partial charge in [-0.25, -0.2) is 0 Å². The Balaban J connectivity index is 4.32. The highest BCUT2D eigenvalue weighted by Gasteiger charge is 2.19. The highest BCUT2D eigenvalue weighted by atomic mass is 16.6. The number of unbranched alkanes of at least 4 members (excludes halogenated alkanes) is 42. The minimum atomic E-state index is -0.783. The van der Waals surface area contributed by atoms with Gasteiger partial charge in [-0.2, -0.15) is 0 Å². The van der Waals surface area contributed by atoms with Crippen LogP contribution in [0.4, 0.5) is 0 Å². The number of hydrogen-bond acceptors (Lipinski definition) is 6. The van der Waals surface area contributed by atoms with Crippen molar-refractivity contribution in [3.63, 3.8) is 0 Å². The van der Waals surface area contributed by atoms with Gasteiger partial charge in [0, 0.05) is 19.3 Å². The first-order valence-electron chi connectivity index (χ1n) is 34.3. The fourth-order valence-electron chi connectivity index (χ4n) is 10.2. The van der Waals surface area contributed by atoms with Crippen molar-refractivity contribution in [3.05, 3.63) is 60.8 Å². The molecule has 0 aliphatic rings. The molecule has 0 rings (SSSR count). The third kappa shape index (κ3) is 63.9. The maximum atomic E-state index is 12.9. The van der Waals surface area contributed by atoms with Crippen LogP contribution in [0.25, 0.3) is 0 Å². The van der Waals surface area contributed by atoms with E-state index in [4.69, 9.17) is 14.2 Å². The van der Waals surface area contributed by atoms with Crippen LogP contribution in [0.3, 0.4) is 0 Å². The van der Waals surface area contributed by atoms with Gasteiger partial charge in [0.25, 0.3) is 0 Å². The van der Waals surface area contributed by atoms with E-state index in [0.29, 0.717) is 19.3 Å². The van der Waals surface area contributed by atoms with Crippen molar-refractivity contribution in [1.82, 2.24) is 0 Å². The molecule has 1 unspecified atom stereocenters. The molecule has 0 heterocycles. The fraction of sp³-hybridized carbons (Fsp3) is 0.819. The van der Waals surface area contributed by atoms with Crippen LogP contribution in [0.5, 0.6) is 0 Å². The van der Waals surface area contributed by atoms with Crippen molar-refractivity contribution in [2.24, 2.45) is 0 Å². The summed E-state index contributed by atoms with van der Waals surface area (Å²) < 4.78 is 17.0. The summed E-state index contributed by atoms with van der Waals surface area (Å²) in [6.07, 6.45) is 85.2. The molecule has 0 amide bonds. The van der Waals surface area contributed by atoms with Crippen LogP contribution in [-0.4, -0.2) is 37.2 Å². The lowest BCUT2D eigenvalue weighted by molar-refractivity contribution is -0.167. The summed E-state index contributed by atoms with van der Waals surface area (Å²) in [6.45, 7) is 6.58. The van der Waals surface area contributed by atoms with Gasteiger partial charge in [-0.05, 0) is 64.2 Å². The lowest BCUT2D eigenvalue weighted by atomic mass is 10.0. The number of hydrogen-bond donors (Lipinski definition) is 0. The van der Waals surface area contributed by atoms with E-state index in [2.05, 4.69) is 81.5 Å². The molecule has 0 aromatic carbocycles. The number of esters is 3. The molecule has 454 valence electrons. The van der Waals surface area contributed by atoms with Crippen LogP contribution in [0, 0.1) is 0 Å². The second-order valence-corrected chi connectivity index (χ2v) is 23.1. The summed E-state index contributed by atoms with van der Waals surface area (Å²) in [4.78, 5) is 38.4. The second-order valence-electron chi connectivity index (χ2n) is 23.1. The molecule has 0 saturated heterocycles. The summed E-state index contributed by atoms with van der Waals surface area (Å²) in [5, 5.41) is 0. The molecule has 0 fully saturated rings. The molecule has 6 nitrogen and oxygen atoms in total. The van der Waals surface area contributed by atoms with E-state index >= 15 is 0 Å². The molecule has 0 aromatic rings. The van der Waals surface area contributed by atoms with Crippen LogP contribution in [-0.2, 0) is 28.6 Å². The van der Waals surface area contributed by atoms with E-state index in [1.165, 1.54) is 212 Å². The van der Waals surface area contributed by atoms with Crippen molar-refractivity contribution in [1.29, 1.82) is 0 Å². The molecule has 0 spiro atoms. The van der Waals surface area contributed by atoms with Crippen molar-refractivity contribution in [3.8, 4) is 0 Å². The van der Waals surface area contributed by atoms with Gasteiger partial charge < -0.3 is 14.2 Å². The smallest absolute Gasteiger partial charge is 0.306 e. The topological polar surface area (TPSA) is 78.9 Å². The summed E-state index contributed by atoms with van der Waals surface area (Å²) in [5.41, 5.74) is 0. The number of ether oxygens (including phenoxy) is 3. The van der Waals surface area contributed by atoms with E-state index in [0.717, 1.165) is 109 Å². The quantitative estimate of drug-likeness (QED) is 0.0261. The van der Waals surface area contributed by atoms with Gasteiger partial charge in [-0.15, -0.1) is 0 Å². The number of carbonyl (C=O) groups is 3. The van der Waals surface area contributed by atoms with Gasteiger partial charge in [0.05, 0.1) is 0 Å². The average Bonchev–Trinajstić information content (AvgIpc) is 3.44. The molecule has 1 atom stereocenters. The predicted octanol–water partition coefficient (Wildman–Crippen LogP) is 23.5. The van der Waals surface area contributed by atoms with Crippen LogP contribution in [0.15, 0.2) is 60.8 Å². The Labute approximate surface area is 485 Å². The lowest BCUT2D eigenvalue weighted by Gasteiger charge is -2.18. The third-order valence-corrected chi connectivity index (χ3v) is 15.3. The number of allylic oxidation sites excluding steroid dienone is 10. The van der Waals surface area contributed by atoms with E-state index in [-0.39, 0.29) is 31.1 Å². The Morgan fingerprint density at radius 2 is 0.500 bits per heavy atom.